The van der Waals surface area contributed by atoms with Crippen LogP contribution in [-0.2, 0) is 6.42 Å². The van der Waals surface area contributed by atoms with Crippen LogP contribution >= 0.6 is 0 Å². The summed E-state index contributed by atoms with van der Waals surface area (Å²) in [7, 11) is 0. The monoisotopic (exact) mass is 212 g/mol. The van der Waals surface area contributed by atoms with Crippen molar-refractivity contribution in [3.63, 3.8) is 0 Å². The summed E-state index contributed by atoms with van der Waals surface area (Å²) < 4.78 is 0. The van der Waals surface area contributed by atoms with Crippen LogP contribution in [0.2, 0.25) is 0 Å². The van der Waals surface area contributed by atoms with E-state index >= 15 is 0 Å². The van der Waals surface area contributed by atoms with E-state index in [2.05, 4.69) is 24.3 Å². The minimum Gasteiger partial charge on any atom is -0.399 e. The van der Waals surface area contributed by atoms with E-state index in [-0.39, 0.29) is 0 Å². The Morgan fingerprint density at radius 2 is 1.75 bits per heavy atom. The van der Waals surface area contributed by atoms with Gasteiger partial charge in [0.2, 0.25) is 0 Å². The van der Waals surface area contributed by atoms with Gasteiger partial charge in [-0.15, -0.1) is 0 Å². The highest BCUT2D eigenvalue weighted by Crippen LogP contribution is 2.16. The van der Waals surface area contributed by atoms with Gasteiger partial charge in [0, 0.05) is 11.4 Å². The zero-order valence-corrected chi connectivity index (χ0v) is 9.19. The Balaban J connectivity index is 2.10. The molecule has 0 saturated heterocycles. The first-order valence-corrected chi connectivity index (χ1v) is 5.40. The zero-order chi connectivity index (χ0) is 11.4. The lowest BCUT2D eigenvalue weighted by Gasteiger charge is -2.04. The maximum atomic E-state index is 5.72. The number of anilines is 1. The van der Waals surface area contributed by atoms with Crippen molar-refractivity contribution in [2.45, 2.75) is 12.8 Å². The van der Waals surface area contributed by atoms with Gasteiger partial charge >= 0.3 is 0 Å². The van der Waals surface area contributed by atoms with Gasteiger partial charge in [0.15, 0.2) is 0 Å². The summed E-state index contributed by atoms with van der Waals surface area (Å²) in [6, 6.07) is 8.01. The molecule has 82 valence electrons. The summed E-state index contributed by atoms with van der Waals surface area (Å²) in [5.41, 5.74) is 15.6. The van der Waals surface area contributed by atoms with Gasteiger partial charge in [-0.1, -0.05) is 29.9 Å². The van der Waals surface area contributed by atoms with Gasteiger partial charge in [0.05, 0.1) is 0 Å². The molecule has 1 aromatic carbocycles. The van der Waals surface area contributed by atoms with E-state index in [1.807, 2.05) is 24.3 Å². The molecule has 2 heteroatoms. The van der Waals surface area contributed by atoms with Crippen molar-refractivity contribution in [3.05, 3.63) is 65.4 Å². The molecule has 4 N–H and O–H groups in total. The average molecular weight is 212 g/mol. The van der Waals surface area contributed by atoms with Crippen LogP contribution in [0.4, 0.5) is 5.69 Å². The molecular formula is C14H16N2. The second kappa shape index (κ2) is 4.71. The number of nitrogens with two attached hydrogens (primary N) is 2. The first-order chi connectivity index (χ1) is 7.74. The highest BCUT2D eigenvalue weighted by Gasteiger charge is 2.00. The molecule has 0 heterocycles. The van der Waals surface area contributed by atoms with Crippen molar-refractivity contribution >= 4 is 5.69 Å². The molecule has 0 bridgehead atoms. The summed E-state index contributed by atoms with van der Waals surface area (Å²) >= 11 is 0. The smallest absolute Gasteiger partial charge is 0.0314 e. The lowest BCUT2D eigenvalue weighted by atomic mass is 10.0. The van der Waals surface area contributed by atoms with Crippen LogP contribution in [0.15, 0.2) is 59.8 Å². The number of benzene rings is 1. The largest absolute Gasteiger partial charge is 0.399 e. The molecular weight excluding hydrogens is 196 g/mol. The molecule has 0 aliphatic heterocycles. The van der Waals surface area contributed by atoms with Crippen molar-refractivity contribution in [1.82, 2.24) is 0 Å². The number of hydrogen-bond donors (Lipinski definition) is 2. The Hall–Kier alpha value is -1.96. The highest BCUT2D eigenvalue weighted by atomic mass is 14.6. The molecule has 0 aromatic heterocycles. The number of allylic oxidation sites excluding steroid dienone is 5. The molecule has 0 radical (unpaired) electrons. The topological polar surface area (TPSA) is 52.0 Å². The van der Waals surface area contributed by atoms with Crippen molar-refractivity contribution in [2.75, 3.05) is 5.73 Å². The third kappa shape index (κ3) is 2.76. The zero-order valence-electron chi connectivity index (χ0n) is 9.19. The van der Waals surface area contributed by atoms with Gasteiger partial charge in [-0.2, -0.15) is 0 Å². The van der Waals surface area contributed by atoms with Gasteiger partial charge in [-0.3, -0.25) is 0 Å². The Morgan fingerprint density at radius 3 is 2.50 bits per heavy atom. The van der Waals surface area contributed by atoms with E-state index in [4.69, 9.17) is 11.5 Å². The molecule has 1 aliphatic carbocycles. The van der Waals surface area contributed by atoms with Crippen LogP contribution in [0.25, 0.3) is 0 Å². The van der Waals surface area contributed by atoms with E-state index < -0.39 is 0 Å². The summed E-state index contributed by atoms with van der Waals surface area (Å²) in [6.45, 7) is 0. The molecule has 16 heavy (non-hydrogen) atoms. The molecule has 0 unspecified atom stereocenters. The van der Waals surface area contributed by atoms with E-state index in [1.54, 1.807) is 0 Å². The fraction of sp³-hybridized carbons (Fsp3) is 0.143. The first-order valence-electron chi connectivity index (χ1n) is 5.40. The normalized spacial score (nSPS) is 15.2. The second-order valence-corrected chi connectivity index (χ2v) is 4.02. The quantitative estimate of drug-likeness (QED) is 0.740. The van der Waals surface area contributed by atoms with Crippen LogP contribution in [0.5, 0.6) is 0 Å². The molecule has 2 rings (SSSR count). The van der Waals surface area contributed by atoms with Crippen LogP contribution in [0.1, 0.15) is 12.0 Å². The van der Waals surface area contributed by atoms with Crippen LogP contribution in [0.3, 0.4) is 0 Å². The molecule has 0 amide bonds. The van der Waals surface area contributed by atoms with E-state index in [0.717, 1.165) is 24.2 Å². The minimum atomic E-state index is 0.808. The summed E-state index contributed by atoms with van der Waals surface area (Å²) in [5.74, 6) is 0. The predicted octanol–water partition coefficient (Wildman–Crippen LogP) is 2.54. The van der Waals surface area contributed by atoms with Gasteiger partial charge in [-0.25, -0.2) is 0 Å². The molecule has 1 aliphatic rings. The summed E-state index contributed by atoms with van der Waals surface area (Å²) in [4.78, 5) is 0. The third-order valence-corrected chi connectivity index (χ3v) is 2.61. The Bertz CT molecular complexity index is 450. The number of hydrogen-bond acceptors (Lipinski definition) is 2. The van der Waals surface area contributed by atoms with Crippen molar-refractivity contribution in [2.24, 2.45) is 5.73 Å². The van der Waals surface area contributed by atoms with Crippen molar-refractivity contribution in [3.8, 4) is 0 Å². The van der Waals surface area contributed by atoms with Gasteiger partial charge in [0.25, 0.3) is 0 Å². The van der Waals surface area contributed by atoms with Crippen LogP contribution in [-0.4, -0.2) is 0 Å². The van der Waals surface area contributed by atoms with Crippen LogP contribution < -0.4 is 11.5 Å². The fourth-order valence-corrected chi connectivity index (χ4v) is 1.71. The van der Waals surface area contributed by atoms with Crippen LogP contribution in [0, 0.1) is 0 Å². The Morgan fingerprint density at radius 1 is 1.00 bits per heavy atom. The number of nitrogen functional groups attached to an aromatic ring is 1. The SMILES string of the molecule is NC1=CC=C(Cc2ccc(N)cc2)CC=C1. The highest BCUT2D eigenvalue weighted by molar-refractivity contribution is 5.41. The van der Waals surface area contributed by atoms with E-state index in [0.29, 0.717) is 0 Å². The lowest BCUT2D eigenvalue weighted by Crippen LogP contribution is -1.91. The summed E-state index contributed by atoms with van der Waals surface area (Å²) in [5, 5.41) is 0. The molecule has 0 saturated carbocycles. The second-order valence-electron chi connectivity index (χ2n) is 4.02. The maximum absolute atomic E-state index is 5.72. The predicted molar refractivity (Wildman–Crippen MR) is 68.7 cm³/mol. The summed E-state index contributed by atoms with van der Waals surface area (Å²) in [6.07, 6.45) is 10.0. The van der Waals surface area contributed by atoms with E-state index in [1.165, 1.54) is 11.1 Å². The Kier molecular flexibility index (Phi) is 3.10. The third-order valence-electron chi connectivity index (χ3n) is 2.61. The fourth-order valence-electron chi connectivity index (χ4n) is 1.71. The van der Waals surface area contributed by atoms with Crippen molar-refractivity contribution < 1.29 is 0 Å². The molecule has 0 spiro atoms. The molecule has 2 nitrogen and oxygen atoms in total. The standard InChI is InChI=1S/C14H16N2/c15-13-3-1-2-11(4-7-13)10-12-5-8-14(16)9-6-12/h1,3-9H,2,10,15-16H2. The molecule has 0 fully saturated rings. The maximum Gasteiger partial charge on any atom is 0.0314 e. The van der Waals surface area contributed by atoms with E-state index in [9.17, 15) is 0 Å². The van der Waals surface area contributed by atoms with Gasteiger partial charge < -0.3 is 11.5 Å². The molecule has 1 aromatic rings. The first kappa shape index (κ1) is 10.6. The average Bonchev–Trinajstić information content (AvgIpc) is 2.47. The lowest BCUT2D eigenvalue weighted by molar-refractivity contribution is 1.07. The molecule has 0 atom stereocenters. The van der Waals surface area contributed by atoms with Gasteiger partial charge in [0.1, 0.15) is 0 Å². The Labute approximate surface area is 96.0 Å². The van der Waals surface area contributed by atoms with Gasteiger partial charge in [-0.05, 0) is 42.7 Å². The van der Waals surface area contributed by atoms with Crippen molar-refractivity contribution in [1.29, 1.82) is 0 Å². The number of rotatable bonds is 2. The minimum absolute atomic E-state index is 0.808.